The summed E-state index contributed by atoms with van der Waals surface area (Å²) in [5, 5.41) is 0.741. The third kappa shape index (κ3) is 2.71. The normalized spacial score (nSPS) is 11.3. The van der Waals surface area contributed by atoms with E-state index >= 15 is 0 Å². The monoisotopic (exact) mass is 207 g/mol. The Morgan fingerprint density at radius 1 is 1.29 bits per heavy atom. The van der Waals surface area contributed by atoms with Gasteiger partial charge >= 0.3 is 0 Å². The molecule has 0 aliphatic heterocycles. The van der Waals surface area contributed by atoms with Gasteiger partial charge in [0.25, 0.3) is 0 Å². The maximum Gasteiger partial charge on any atom is 0.0657 e. The van der Waals surface area contributed by atoms with Crippen LogP contribution in [-0.2, 0) is 0 Å². The first-order valence-corrected chi connectivity index (χ1v) is 4.89. The lowest BCUT2D eigenvalue weighted by atomic mass is 10.1. The zero-order valence-electron chi connectivity index (χ0n) is 8.71. The second-order valence-electron chi connectivity index (χ2n) is 3.31. The Morgan fingerprint density at radius 3 is 2.43 bits per heavy atom. The number of hydrogen-bond acceptors (Lipinski definition) is 1. The van der Waals surface area contributed by atoms with Crippen LogP contribution in [-0.4, -0.2) is 12.8 Å². The van der Waals surface area contributed by atoms with Gasteiger partial charge < -0.3 is 0 Å². The Labute approximate surface area is 90.1 Å². The predicted octanol–water partition coefficient (Wildman–Crippen LogP) is 3.73. The van der Waals surface area contributed by atoms with Crippen molar-refractivity contribution in [3.8, 4) is 0 Å². The lowest BCUT2D eigenvalue weighted by molar-refractivity contribution is 1.38. The summed E-state index contributed by atoms with van der Waals surface area (Å²) in [6.45, 7) is 4.09. The zero-order chi connectivity index (χ0) is 10.6. The molecular weight excluding hydrogens is 194 g/mol. The van der Waals surface area contributed by atoms with Crippen LogP contribution in [0.4, 0.5) is 0 Å². The van der Waals surface area contributed by atoms with Gasteiger partial charge in [0.05, 0.1) is 5.71 Å². The van der Waals surface area contributed by atoms with Crippen molar-refractivity contribution in [2.24, 2.45) is 4.99 Å². The van der Waals surface area contributed by atoms with Gasteiger partial charge in [-0.3, -0.25) is 4.99 Å². The van der Waals surface area contributed by atoms with E-state index in [0.29, 0.717) is 0 Å². The van der Waals surface area contributed by atoms with Crippen molar-refractivity contribution in [2.75, 3.05) is 7.05 Å². The summed E-state index contributed by atoms with van der Waals surface area (Å²) < 4.78 is 0. The van der Waals surface area contributed by atoms with E-state index in [1.165, 1.54) is 5.57 Å². The van der Waals surface area contributed by atoms with Crippen LogP contribution in [0.15, 0.2) is 40.9 Å². The highest BCUT2D eigenvalue weighted by Crippen LogP contribution is 2.17. The number of benzene rings is 1. The fourth-order valence-corrected chi connectivity index (χ4v) is 1.44. The summed E-state index contributed by atoms with van der Waals surface area (Å²) in [5.41, 5.74) is 3.12. The van der Waals surface area contributed by atoms with Crippen LogP contribution in [0.3, 0.4) is 0 Å². The fourth-order valence-electron chi connectivity index (χ4n) is 1.21. The molecule has 0 amide bonds. The molecule has 2 heteroatoms. The summed E-state index contributed by atoms with van der Waals surface area (Å²) in [7, 11) is 1.78. The van der Waals surface area contributed by atoms with E-state index in [1.807, 2.05) is 44.2 Å². The number of halogens is 1. The van der Waals surface area contributed by atoms with Crippen molar-refractivity contribution in [3.05, 3.63) is 46.5 Å². The van der Waals surface area contributed by atoms with E-state index in [9.17, 15) is 0 Å². The number of aliphatic imine (C=N–C) groups is 1. The molecule has 1 aromatic carbocycles. The van der Waals surface area contributed by atoms with E-state index in [-0.39, 0.29) is 0 Å². The van der Waals surface area contributed by atoms with Gasteiger partial charge in [-0.05, 0) is 26.0 Å². The summed E-state index contributed by atoms with van der Waals surface area (Å²) in [6, 6.07) is 7.73. The van der Waals surface area contributed by atoms with E-state index in [1.54, 1.807) is 7.05 Å². The second kappa shape index (κ2) is 4.97. The Morgan fingerprint density at radius 2 is 1.93 bits per heavy atom. The molecule has 0 aliphatic rings. The van der Waals surface area contributed by atoms with E-state index < -0.39 is 0 Å². The van der Waals surface area contributed by atoms with Gasteiger partial charge in [-0.25, -0.2) is 0 Å². The summed E-state index contributed by atoms with van der Waals surface area (Å²) in [6.07, 6.45) is 2.03. The molecule has 0 radical (unpaired) electrons. The highest BCUT2D eigenvalue weighted by atomic mass is 35.5. The molecule has 0 saturated heterocycles. The second-order valence-corrected chi connectivity index (χ2v) is 3.72. The van der Waals surface area contributed by atoms with Gasteiger partial charge in [0.15, 0.2) is 0 Å². The van der Waals surface area contributed by atoms with E-state index in [2.05, 4.69) is 4.99 Å². The van der Waals surface area contributed by atoms with Crippen LogP contribution in [0, 0.1) is 0 Å². The Hall–Kier alpha value is -1.08. The fraction of sp³-hybridized carbons (Fsp3) is 0.250. The predicted molar refractivity (Wildman–Crippen MR) is 63.3 cm³/mol. The van der Waals surface area contributed by atoms with Crippen LogP contribution >= 0.6 is 11.6 Å². The Kier molecular flexibility index (Phi) is 3.90. The molecule has 0 atom stereocenters. The molecule has 1 aromatic rings. The van der Waals surface area contributed by atoms with Crippen molar-refractivity contribution < 1.29 is 0 Å². The number of hydrogen-bond donors (Lipinski definition) is 0. The van der Waals surface area contributed by atoms with Crippen LogP contribution in [0.2, 0.25) is 5.02 Å². The van der Waals surface area contributed by atoms with Crippen LogP contribution < -0.4 is 0 Å². The number of allylic oxidation sites excluding steroid dienone is 2. The molecule has 0 fully saturated rings. The van der Waals surface area contributed by atoms with Gasteiger partial charge in [0.2, 0.25) is 0 Å². The molecule has 0 aliphatic carbocycles. The molecule has 0 N–H and O–H groups in total. The molecule has 14 heavy (non-hydrogen) atoms. The number of rotatable bonds is 2. The SMILES string of the molecule is CN=C(C=C(C)C)c1ccccc1Cl. The molecule has 0 bridgehead atoms. The average Bonchev–Trinajstić information content (AvgIpc) is 2.15. The van der Waals surface area contributed by atoms with Gasteiger partial charge in [-0.15, -0.1) is 0 Å². The van der Waals surface area contributed by atoms with Gasteiger partial charge in [0.1, 0.15) is 0 Å². The zero-order valence-corrected chi connectivity index (χ0v) is 9.47. The molecule has 0 saturated carbocycles. The minimum absolute atomic E-state index is 0.741. The van der Waals surface area contributed by atoms with E-state index in [4.69, 9.17) is 11.6 Å². The van der Waals surface area contributed by atoms with Crippen LogP contribution in [0.5, 0.6) is 0 Å². The number of nitrogens with zero attached hydrogens (tertiary/aromatic N) is 1. The summed E-state index contributed by atoms with van der Waals surface area (Å²) >= 11 is 6.07. The highest BCUT2D eigenvalue weighted by Gasteiger charge is 2.03. The highest BCUT2D eigenvalue weighted by molar-refractivity contribution is 6.35. The first kappa shape index (κ1) is 11.0. The van der Waals surface area contributed by atoms with Gasteiger partial charge in [-0.2, -0.15) is 0 Å². The molecule has 1 rings (SSSR count). The molecule has 74 valence electrons. The van der Waals surface area contributed by atoms with Crippen molar-refractivity contribution in [2.45, 2.75) is 13.8 Å². The summed E-state index contributed by atoms with van der Waals surface area (Å²) in [4.78, 5) is 4.22. The van der Waals surface area contributed by atoms with E-state index in [0.717, 1.165) is 16.3 Å². The maximum absolute atomic E-state index is 6.07. The largest absolute Gasteiger partial charge is 0.288 e. The van der Waals surface area contributed by atoms with Crippen LogP contribution in [0.25, 0.3) is 0 Å². The van der Waals surface area contributed by atoms with Crippen LogP contribution in [0.1, 0.15) is 19.4 Å². The molecular formula is C12H14ClN. The first-order valence-electron chi connectivity index (χ1n) is 4.51. The topological polar surface area (TPSA) is 12.4 Å². The smallest absolute Gasteiger partial charge is 0.0657 e. The lowest BCUT2D eigenvalue weighted by Crippen LogP contribution is -1.98. The first-order chi connectivity index (χ1) is 6.65. The standard InChI is InChI=1S/C12H14ClN/c1-9(2)8-12(14-3)10-6-4-5-7-11(10)13/h4-8H,1-3H3. The molecule has 0 aromatic heterocycles. The molecule has 0 heterocycles. The third-order valence-electron chi connectivity index (χ3n) is 1.82. The minimum Gasteiger partial charge on any atom is -0.288 e. The Bertz CT molecular complexity index is 374. The lowest BCUT2D eigenvalue weighted by Gasteiger charge is -2.03. The van der Waals surface area contributed by atoms with Crippen molar-refractivity contribution in [3.63, 3.8) is 0 Å². The Balaban J connectivity index is 3.15. The van der Waals surface area contributed by atoms with Crippen molar-refractivity contribution in [1.29, 1.82) is 0 Å². The third-order valence-corrected chi connectivity index (χ3v) is 2.15. The molecule has 0 unspecified atom stereocenters. The minimum atomic E-state index is 0.741. The van der Waals surface area contributed by atoms with Crippen molar-refractivity contribution >= 4 is 17.3 Å². The molecule has 1 nitrogen and oxygen atoms in total. The van der Waals surface area contributed by atoms with Gasteiger partial charge in [0, 0.05) is 17.6 Å². The average molecular weight is 208 g/mol. The van der Waals surface area contributed by atoms with Gasteiger partial charge in [-0.1, -0.05) is 35.4 Å². The quantitative estimate of drug-likeness (QED) is 0.656. The summed E-state index contributed by atoms with van der Waals surface area (Å²) in [5.74, 6) is 0. The molecule has 0 spiro atoms. The maximum atomic E-state index is 6.07. The van der Waals surface area contributed by atoms with Crippen molar-refractivity contribution in [1.82, 2.24) is 0 Å².